The Labute approximate surface area is 65.9 Å². The third-order valence-electron chi connectivity index (χ3n) is 1.14. The molecule has 0 aliphatic rings. The van der Waals surface area contributed by atoms with Gasteiger partial charge in [-0.05, 0) is 19.1 Å². The lowest BCUT2D eigenvalue weighted by molar-refractivity contribution is 1.30. The van der Waals surface area contributed by atoms with E-state index < -0.39 is 0 Å². The van der Waals surface area contributed by atoms with Crippen molar-refractivity contribution in [2.75, 3.05) is 5.43 Å². The molecule has 0 unspecified atom stereocenters. The van der Waals surface area contributed by atoms with Crippen molar-refractivity contribution in [2.24, 2.45) is 10.8 Å². The summed E-state index contributed by atoms with van der Waals surface area (Å²) in [7, 11) is 0. The summed E-state index contributed by atoms with van der Waals surface area (Å²) in [6.45, 7) is 1.73. The molecule has 0 aromatic heterocycles. The molecule has 0 aliphatic heterocycles. The predicted molar refractivity (Wildman–Crippen MR) is 47.4 cm³/mol. The van der Waals surface area contributed by atoms with E-state index in [1.807, 2.05) is 30.3 Å². The second kappa shape index (κ2) is 3.61. The third kappa shape index (κ3) is 2.71. The fraction of sp³-hybridized carbons (Fsp3) is 0.125. The highest BCUT2D eigenvalue weighted by molar-refractivity contribution is 5.78. The standard InChI is InChI=1S/C8H11N3/c1-7(9)10-11-8-5-3-2-4-6-8/h2-6,11H,1H3,(H2,9,10). The molecule has 3 nitrogen and oxygen atoms in total. The average Bonchev–Trinajstić information content (AvgIpc) is 2.03. The monoisotopic (exact) mass is 149 g/mol. The molecule has 1 aromatic rings. The Hall–Kier alpha value is -1.51. The third-order valence-corrected chi connectivity index (χ3v) is 1.14. The molecule has 0 aliphatic carbocycles. The van der Waals surface area contributed by atoms with Crippen molar-refractivity contribution in [1.29, 1.82) is 0 Å². The SMILES string of the molecule is C/C(N)=N\Nc1ccccc1. The molecule has 0 heterocycles. The maximum Gasteiger partial charge on any atom is 0.116 e. The molecule has 0 saturated carbocycles. The molecule has 0 fully saturated rings. The molecule has 0 radical (unpaired) electrons. The highest BCUT2D eigenvalue weighted by Crippen LogP contribution is 2.03. The molecule has 0 amide bonds. The Balaban J connectivity index is 2.59. The first-order chi connectivity index (χ1) is 5.29. The Morgan fingerprint density at radius 3 is 2.55 bits per heavy atom. The summed E-state index contributed by atoms with van der Waals surface area (Å²) >= 11 is 0. The summed E-state index contributed by atoms with van der Waals surface area (Å²) in [5.41, 5.74) is 9.08. The minimum Gasteiger partial charge on any atom is -0.386 e. The van der Waals surface area contributed by atoms with Crippen molar-refractivity contribution in [3.63, 3.8) is 0 Å². The molecule has 0 saturated heterocycles. The van der Waals surface area contributed by atoms with E-state index in [0.29, 0.717) is 5.84 Å². The highest BCUT2D eigenvalue weighted by atomic mass is 15.3. The second-order valence-corrected chi connectivity index (χ2v) is 2.23. The van der Waals surface area contributed by atoms with Gasteiger partial charge >= 0.3 is 0 Å². The molecule has 0 bridgehead atoms. The first-order valence-corrected chi connectivity index (χ1v) is 3.40. The van der Waals surface area contributed by atoms with E-state index in [4.69, 9.17) is 5.73 Å². The van der Waals surface area contributed by atoms with E-state index in [0.717, 1.165) is 5.69 Å². The van der Waals surface area contributed by atoms with Gasteiger partial charge < -0.3 is 5.73 Å². The zero-order chi connectivity index (χ0) is 8.10. The van der Waals surface area contributed by atoms with Crippen LogP contribution in [0.1, 0.15) is 6.92 Å². The Morgan fingerprint density at radius 2 is 2.00 bits per heavy atom. The topological polar surface area (TPSA) is 50.4 Å². The van der Waals surface area contributed by atoms with Gasteiger partial charge in [0.05, 0.1) is 5.69 Å². The lowest BCUT2D eigenvalue weighted by atomic mass is 10.3. The number of nitrogens with one attached hydrogen (secondary N) is 1. The zero-order valence-corrected chi connectivity index (χ0v) is 6.41. The predicted octanol–water partition coefficient (Wildman–Crippen LogP) is 1.39. The van der Waals surface area contributed by atoms with Gasteiger partial charge in [0.15, 0.2) is 0 Å². The molecular weight excluding hydrogens is 138 g/mol. The summed E-state index contributed by atoms with van der Waals surface area (Å²) in [4.78, 5) is 0. The van der Waals surface area contributed by atoms with Crippen LogP contribution in [0.2, 0.25) is 0 Å². The molecule has 3 N–H and O–H groups in total. The number of rotatable bonds is 2. The van der Waals surface area contributed by atoms with Crippen molar-refractivity contribution in [1.82, 2.24) is 0 Å². The summed E-state index contributed by atoms with van der Waals surface area (Å²) in [5, 5.41) is 3.84. The fourth-order valence-electron chi connectivity index (χ4n) is 0.665. The van der Waals surface area contributed by atoms with Gasteiger partial charge in [0, 0.05) is 0 Å². The molecular formula is C8H11N3. The largest absolute Gasteiger partial charge is 0.386 e. The van der Waals surface area contributed by atoms with Crippen molar-refractivity contribution in [3.05, 3.63) is 30.3 Å². The van der Waals surface area contributed by atoms with Crippen molar-refractivity contribution in [3.8, 4) is 0 Å². The lowest BCUT2D eigenvalue weighted by Gasteiger charge is -1.98. The van der Waals surface area contributed by atoms with Gasteiger partial charge in [-0.15, -0.1) is 0 Å². The number of hydrogen-bond acceptors (Lipinski definition) is 2. The first-order valence-electron chi connectivity index (χ1n) is 3.40. The number of nitrogens with two attached hydrogens (primary N) is 1. The van der Waals surface area contributed by atoms with Crippen LogP contribution in [-0.2, 0) is 0 Å². The van der Waals surface area contributed by atoms with Crippen LogP contribution in [0.3, 0.4) is 0 Å². The number of amidine groups is 1. The van der Waals surface area contributed by atoms with Crippen molar-refractivity contribution in [2.45, 2.75) is 6.92 Å². The summed E-state index contributed by atoms with van der Waals surface area (Å²) in [5.74, 6) is 0.522. The smallest absolute Gasteiger partial charge is 0.116 e. The van der Waals surface area contributed by atoms with Gasteiger partial charge in [-0.3, -0.25) is 5.43 Å². The van der Waals surface area contributed by atoms with Gasteiger partial charge in [0.1, 0.15) is 5.84 Å². The minimum absolute atomic E-state index is 0.522. The number of hydrogen-bond donors (Lipinski definition) is 2. The van der Waals surface area contributed by atoms with Crippen LogP contribution in [0.25, 0.3) is 0 Å². The van der Waals surface area contributed by atoms with E-state index in [-0.39, 0.29) is 0 Å². The average molecular weight is 149 g/mol. The van der Waals surface area contributed by atoms with E-state index in [9.17, 15) is 0 Å². The molecule has 1 rings (SSSR count). The van der Waals surface area contributed by atoms with Crippen LogP contribution in [0.15, 0.2) is 35.4 Å². The zero-order valence-electron chi connectivity index (χ0n) is 6.41. The molecule has 3 heteroatoms. The van der Waals surface area contributed by atoms with Crippen LogP contribution in [0.4, 0.5) is 5.69 Å². The van der Waals surface area contributed by atoms with E-state index in [2.05, 4.69) is 10.5 Å². The molecule has 58 valence electrons. The normalized spacial score (nSPS) is 11.2. The Morgan fingerprint density at radius 1 is 1.36 bits per heavy atom. The van der Waals surface area contributed by atoms with Crippen LogP contribution >= 0.6 is 0 Å². The number of anilines is 1. The maximum absolute atomic E-state index is 5.33. The van der Waals surface area contributed by atoms with Crippen LogP contribution < -0.4 is 11.2 Å². The molecule has 0 atom stereocenters. The molecule has 11 heavy (non-hydrogen) atoms. The second-order valence-electron chi connectivity index (χ2n) is 2.23. The quantitative estimate of drug-likeness (QED) is 0.379. The summed E-state index contributed by atoms with van der Waals surface area (Å²) < 4.78 is 0. The molecule has 0 spiro atoms. The van der Waals surface area contributed by atoms with E-state index >= 15 is 0 Å². The van der Waals surface area contributed by atoms with Gasteiger partial charge in [0.25, 0.3) is 0 Å². The number of benzene rings is 1. The highest BCUT2D eigenvalue weighted by Gasteiger charge is 1.84. The summed E-state index contributed by atoms with van der Waals surface area (Å²) in [6.07, 6.45) is 0. The van der Waals surface area contributed by atoms with Crippen LogP contribution in [-0.4, -0.2) is 5.84 Å². The summed E-state index contributed by atoms with van der Waals surface area (Å²) in [6, 6.07) is 9.66. The van der Waals surface area contributed by atoms with Gasteiger partial charge in [-0.25, -0.2) is 0 Å². The minimum atomic E-state index is 0.522. The van der Waals surface area contributed by atoms with Gasteiger partial charge in [0.2, 0.25) is 0 Å². The Bertz CT molecular complexity index is 237. The fourth-order valence-corrected chi connectivity index (χ4v) is 0.665. The van der Waals surface area contributed by atoms with Crippen molar-refractivity contribution >= 4 is 11.5 Å². The Kier molecular flexibility index (Phi) is 2.49. The van der Waals surface area contributed by atoms with Gasteiger partial charge in [-0.2, -0.15) is 5.10 Å². The molecule has 1 aromatic carbocycles. The van der Waals surface area contributed by atoms with Crippen LogP contribution in [0, 0.1) is 0 Å². The van der Waals surface area contributed by atoms with E-state index in [1.165, 1.54) is 0 Å². The number of para-hydroxylation sites is 1. The maximum atomic E-state index is 5.33. The van der Waals surface area contributed by atoms with Crippen molar-refractivity contribution < 1.29 is 0 Å². The van der Waals surface area contributed by atoms with Gasteiger partial charge in [-0.1, -0.05) is 18.2 Å². The number of nitrogens with zero attached hydrogens (tertiary/aromatic N) is 1. The first kappa shape index (κ1) is 7.60. The lowest BCUT2D eigenvalue weighted by Crippen LogP contribution is -2.07. The van der Waals surface area contributed by atoms with Crippen LogP contribution in [0.5, 0.6) is 0 Å². The van der Waals surface area contributed by atoms with E-state index in [1.54, 1.807) is 6.92 Å². The number of hydrazone groups is 1.